The van der Waals surface area contributed by atoms with Crippen LogP contribution >= 0.6 is 0 Å². The van der Waals surface area contributed by atoms with Crippen LogP contribution in [0.15, 0.2) is 35.4 Å². The number of benzene rings is 1. The largest absolute Gasteiger partial charge is 0.464 e. The fraction of sp³-hybridized carbons (Fsp3) is 0.458. The third kappa shape index (κ3) is 3.49. The Morgan fingerprint density at radius 1 is 0.800 bits per heavy atom. The highest BCUT2D eigenvalue weighted by Crippen LogP contribution is 2.56. The number of esters is 4. The fourth-order valence-corrected chi connectivity index (χ4v) is 4.71. The zero-order chi connectivity index (χ0) is 26.0. The van der Waals surface area contributed by atoms with Crippen LogP contribution in [0.2, 0.25) is 0 Å². The standard InChI is InChI=1S/C24H28N2O9/c1-6-32-18(27)16-17(19(28)33-7-2)24(21(30)34-8-3,22(31)35-9-4)26(5)23(16)14-12-10-11-13-15(14)25-20(23)29/h10-13H,6-9H2,1-5H3,(H,25,29). The molecule has 1 unspecified atom stereocenters. The Labute approximate surface area is 202 Å². The van der Waals surface area contributed by atoms with Crippen LogP contribution in [0.3, 0.4) is 0 Å². The normalized spacial score (nSPS) is 20.3. The Balaban J connectivity index is 2.55. The van der Waals surface area contributed by atoms with E-state index in [0.717, 1.165) is 4.90 Å². The molecule has 11 heteroatoms. The van der Waals surface area contributed by atoms with Crippen LogP contribution in [0.5, 0.6) is 0 Å². The molecule has 0 bridgehead atoms. The lowest BCUT2D eigenvalue weighted by Crippen LogP contribution is -2.65. The molecular formula is C24H28N2O9. The molecule has 1 aromatic carbocycles. The van der Waals surface area contributed by atoms with E-state index in [1.165, 1.54) is 27.8 Å². The van der Waals surface area contributed by atoms with Gasteiger partial charge in [-0.1, -0.05) is 18.2 Å². The molecule has 0 aliphatic carbocycles. The van der Waals surface area contributed by atoms with Gasteiger partial charge in [-0.15, -0.1) is 0 Å². The lowest BCUT2D eigenvalue weighted by atomic mass is 9.82. The number of nitrogens with one attached hydrogen (secondary N) is 1. The molecule has 1 N–H and O–H groups in total. The van der Waals surface area contributed by atoms with E-state index in [1.807, 2.05) is 0 Å². The van der Waals surface area contributed by atoms with Gasteiger partial charge in [-0.25, -0.2) is 19.2 Å². The number of fused-ring (bicyclic) bond motifs is 2. The lowest BCUT2D eigenvalue weighted by molar-refractivity contribution is -0.175. The average Bonchev–Trinajstić information content (AvgIpc) is 3.25. The van der Waals surface area contributed by atoms with Gasteiger partial charge in [0.15, 0.2) is 5.54 Å². The molecule has 2 heterocycles. The molecular weight excluding hydrogens is 460 g/mol. The van der Waals surface area contributed by atoms with Crippen molar-refractivity contribution in [2.24, 2.45) is 0 Å². The molecule has 1 atom stereocenters. The van der Waals surface area contributed by atoms with Crippen molar-refractivity contribution in [3.8, 4) is 0 Å². The molecule has 0 fully saturated rings. The summed E-state index contributed by atoms with van der Waals surface area (Å²) >= 11 is 0. The van der Waals surface area contributed by atoms with Crippen molar-refractivity contribution in [1.29, 1.82) is 0 Å². The molecule has 0 saturated carbocycles. The Kier molecular flexibility index (Phi) is 7.30. The average molecular weight is 488 g/mol. The highest BCUT2D eigenvalue weighted by atomic mass is 16.6. The fourth-order valence-electron chi connectivity index (χ4n) is 4.71. The Bertz CT molecular complexity index is 1090. The van der Waals surface area contributed by atoms with E-state index in [1.54, 1.807) is 31.2 Å². The van der Waals surface area contributed by atoms with Crippen molar-refractivity contribution in [2.75, 3.05) is 38.8 Å². The van der Waals surface area contributed by atoms with Gasteiger partial charge in [-0.2, -0.15) is 0 Å². The van der Waals surface area contributed by atoms with Crippen molar-refractivity contribution >= 4 is 35.5 Å². The molecule has 188 valence electrons. The molecule has 0 aromatic heterocycles. The van der Waals surface area contributed by atoms with Crippen LogP contribution < -0.4 is 5.32 Å². The maximum absolute atomic E-state index is 13.7. The zero-order valence-corrected chi connectivity index (χ0v) is 20.3. The highest BCUT2D eigenvalue weighted by molar-refractivity contribution is 6.25. The summed E-state index contributed by atoms with van der Waals surface area (Å²) in [7, 11) is 1.28. The van der Waals surface area contributed by atoms with E-state index in [-0.39, 0.29) is 32.0 Å². The highest BCUT2D eigenvalue weighted by Gasteiger charge is 2.75. The lowest BCUT2D eigenvalue weighted by Gasteiger charge is -2.39. The van der Waals surface area contributed by atoms with E-state index < -0.39 is 52.0 Å². The third-order valence-electron chi connectivity index (χ3n) is 5.97. The van der Waals surface area contributed by atoms with Gasteiger partial charge in [0.25, 0.3) is 11.4 Å². The number of anilines is 1. The number of nitrogens with zero attached hydrogens (tertiary/aromatic N) is 1. The molecule has 11 nitrogen and oxygen atoms in total. The number of rotatable bonds is 8. The summed E-state index contributed by atoms with van der Waals surface area (Å²) in [4.78, 5) is 68.9. The summed E-state index contributed by atoms with van der Waals surface area (Å²) in [5.41, 5.74) is -5.33. The van der Waals surface area contributed by atoms with Crippen molar-refractivity contribution in [1.82, 2.24) is 4.90 Å². The van der Waals surface area contributed by atoms with Gasteiger partial charge in [0.2, 0.25) is 0 Å². The van der Waals surface area contributed by atoms with Gasteiger partial charge in [-0.05, 0) is 40.8 Å². The van der Waals surface area contributed by atoms with E-state index in [4.69, 9.17) is 18.9 Å². The minimum absolute atomic E-state index is 0.104. The van der Waals surface area contributed by atoms with Gasteiger partial charge in [-0.3, -0.25) is 9.69 Å². The molecule has 2 aliphatic rings. The number of hydrogen-bond acceptors (Lipinski definition) is 10. The number of hydrogen-bond donors (Lipinski definition) is 1. The number of carbonyl (C=O) groups is 5. The van der Waals surface area contributed by atoms with Crippen molar-refractivity contribution in [3.63, 3.8) is 0 Å². The summed E-state index contributed by atoms with van der Waals surface area (Å²) in [6.07, 6.45) is 0. The maximum atomic E-state index is 13.7. The van der Waals surface area contributed by atoms with E-state index >= 15 is 0 Å². The second kappa shape index (κ2) is 9.87. The number of para-hydroxylation sites is 1. The smallest absolute Gasteiger partial charge is 0.343 e. The molecule has 3 rings (SSSR count). The van der Waals surface area contributed by atoms with Gasteiger partial charge in [0.1, 0.15) is 0 Å². The van der Waals surface area contributed by atoms with Crippen molar-refractivity contribution < 1.29 is 42.9 Å². The van der Waals surface area contributed by atoms with Crippen LogP contribution in [0.25, 0.3) is 0 Å². The molecule has 1 aromatic rings. The van der Waals surface area contributed by atoms with Crippen LogP contribution in [0.4, 0.5) is 5.69 Å². The van der Waals surface area contributed by atoms with Crippen LogP contribution in [-0.4, -0.2) is 73.7 Å². The Morgan fingerprint density at radius 3 is 1.80 bits per heavy atom. The van der Waals surface area contributed by atoms with Crippen LogP contribution in [0, 0.1) is 0 Å². The van der Waals surface area contributed by atoms with Crippen molar-refractivity contribution in [2.45, 2.75) is 38.8 Å². The Morgan fingerprint density at radius 2 is 1.29 bits per heavy atom. The van der Waals surface area contributed by atoms with E-state index in [9.17, 15) is 24.0 Å². The number of carbonyl (C=O) groups excluding carboxylic acids is 5. The minimum Gasteiger partial charge on any atom is -0.464 e. The summed E-state index contributed by atoms with van der Waals surface area (Å²) in [6.45, 7) is 5.53. The Hall–Kier alpha value is -3.73. The number of amides is 1. The predicted molar refractivity (Wildman–Crippen MR) is 121 cm³/mol. The molecule has 0 radical (unpaired) electrons. The minimum atomic E-state index is -2.63. The summed E-state index contributed by atoms with van der Waals surface area (Å²) < 4.78 is 20.9. The summed E-state index contributed by atoms with van der Waals surface area (Å²) in [5, 5.41) is 2.68. The third-order valence-corrected chi connectivity index (χ3v) is 5.97. The first-order valence-corrected chi connectivity index (χ1v) is 11.3. The molecule has 1 spiro atoms. The van der Waals surface area contributed by atoms with Gasteiger partial charge in [0.05, 0.1) is 37.6 Å². The first-order chi connectivity index (χ1) is 16.7. The first-order valence-electron chi connectivity index (χ1n) is 11.3. The summed E-state index contributed by atoms with van der Waals surface area (Å²) in [6, 6.07) is 6.43. The molecule has 1 amide bonds. The van der Waals surface area contributed by atoms with E-state index in [2.05, 4.69) is 5.32 Å². The van der Waals surface area contributed by atoms with Crippen LogP contribution in [0.1, 0.15) is 33.3 Å². The second-order valence-corrected chi connectivity index (χ2v) is 7.61. The van der Waals surface area contributed by atoms with Gasteiger partial charge < -0.3 is 24.3 Å². The summed E-state index contributed by atoms with van der Waals surface area (Å²) in [5.74, 6) is -5.37. The molecule has 0 saturated heterocycles. The first kappa shape index (κ1) is 25.9. The second-order valence-electron chi connectivity index (χ2n) is 7.61. The van der Waals surface area contributed by atoms with E-state index in [0.29, 0.717) is 5.69 Å². The van der Waals surface area contributed by atoms with Crippen LogP contribution in [-0.2, 0) is 48.5 Å². The number of ether oxygens (including phenoxy) is 4. The maximum Gasteiger partial charge on any atom is 0.343 e. The topological polar surface area (TPSA) is 138 Å². The predicted octanol–water partition coefficient (Wildman–Crippen LogP) is 1.07. The zero-order valence-electron chi connectivity index (χ0n) is 20.3. The monoisotopic (exact) mass is 488 g/mol. The van der Waals surface area contributed by atoms with Crippen molar-refractivity contribution in [3.05, 3.63) is 41.0 Å². The van der Waals surface area contributed by atoms with Gasteiger partial charge in [0, 0.05) is 11.3 Å². The molecule has 2 aliphatic heterocycles. The van der Waals surface area contributed by atoms with Gasteiger partial charge >= 0.3 is 23.9 Å². The quantitative estimate of drug-likeness (QED) is 0.321. The SMILES string of the molecule is CCOC(=O)C1=C(C(=O)OCC)C2(C(=O)Nc3ccccc32)N(C)C1(C(=O)OCC)C(=O)OCC. The number of likely N-dealkylation sites (N-methyl/N-ethyl adjacent to an activating group) is 1. The molecule has 35 heavy (non-hydrogen) atoms.